The molecule has 0 amide bonds. The van der Waals surface area contributed by atoms with Gasteiger partial charge in [0.15, 0.2) is 0 Å². The molecule has 37 heavy (non-hydrogen) atoms. The molecule has 0 bridgehead atoms. The van der Waals surface area contributed by atoms with Crippen LogP contribution in [0.4, 0.5) is 0 Å². The molecule has 1 atom stereocenters. The first-order valence-electron chi connectivity index (χ1n) is 16.6. The molecule has 0 unspecified atom stereocenters. The number of unbranched alkanes of at least 4 members (excludes halogenated alkanes) is 20. The predicted octanol–water partition coefficient (Wildman–Crippen LogP) is 11.0. The van der Waals surface area contributed by atoms with Gasteiger partial charge in [-0.1, -0.05) is 147 Å². The number of esters is 1. The Morgan fingerprint density at radius 3 is 1.46 bits per heavy atom. The summed E-state index contributed by atoms with van der Waals surface area (Å²) >= 11 is 0. The van der Waals surface area contributed by atoms with Crippen LogP contribution < -0.4 is 0 Å². The molecule has 0 spiro atoms. The maximum Gasteiger partial charge on any atom is 0.305 e. The highest BCUT2D eigenvalue weighted by Crippen LogP contribution is 2.16. The van der Waals surface area contributed by atoms with Crippen LogP contribution in [0.15, 0.2) is 11.6 Å². The van der Waals surface area contributed by atoms with Gasteiger partial charge < -0.3 is 9.84 Å². The molecule has 0 radical (unpaired) electrons. The van der Waals surface area contributed by atoms with Gasteiger partial charge in [0.05, 0.1) is 12.7 Å². The van der Waals surface area contributed by atoms with E-state index in [2.05, 4.69) is 19.9 Å². The van der Waals surface area contributed by atoms with Gasteiger partial charge in [0.1, 0.15) is 0 Å². The molecule has 220 valence electrons. The summed E-state index contributed by atoms with van der Waals surface area (Å²) in [5.41, 5.74) is 1.42. The second kappa shape index (κ2) is 29.7. The molecule has 1 N–H and O–H groups in total. The third-order valence-corrected chi connectivity index (χ3v) is 7.55. The Hall–Kier alpha value is -0.830. The van der Waals surface area contributed by atoms with Crippen molar-refractivity contribution in [3.8, 4) is 0 Å². The quantitative estimate of drug-likeness (QED) is 0.0603. The Balaban J connectivity index is 3.26. The molecule has 0 fully saturated rings. The summed E-state index contributed by atoms with van der Waals surface area (Å²) in [5.74, 6) is -0.143. The number of carbonyl (C=O) groups excluding carboxylic acids is 1. The number of hydrogen-bond acceptors (Lipinski definition) is 3. The topological polar surface area (TPSA) is 46.5 Å². The lowest BCUT2D eigenvalue weighted by Gasteiger charge is -2.06. The zero-order valence-electron chi connectivity index (χ0n) is 25.5. The van der Waals surface area contributed by atoms with E-state index in [0.717, 1.165) is 6.42 Å². The minimum Gasteiger partial charge on any atom is -0.465 e. The Kier molecular flexibility index (Phi) is 29.1. The van der Waals surface area contributed by atoms with Gasteiger partial charge in [-0.15, -0.1) is 0 Å². The molecule has 0 aromatic carbocycles. The van der Waals surface area contributed by atoms with Crippen molar-refractivity contribution in [1.29, 1.82) is 0 Å². The van der Waals surface area contributed by atoms with E-state index in [4.69, 9.17) is 4.74 Å². The molecular weight excluding hydrogens is 456 g/mol. The number of ether oxygens (including phenoxy) is 1. The van der Waals surface area contributed by atoms with E-state index in [-0.39, 0.29) is 12.1 Å². The predicted molar refractivity (Wildman–Crippen MR) is 162 cm³/mol. The number of carbonyl (C=O) groups is 1. The van der Waals surface area contributed by atoms with Gasteiger partial charge in [-0.05, 0) is 46.0 Å². The maximum absolute atomic E-state index is 11.6. The van der Waals surface area contributed by atoms with Crippen LogP contribution in [-0.2, 0) is 9.53 Å². The number of aliphatic hydroxyl groups is 1. The Morgan fingerprint density at radius 2 is 1.05 bits per heavy atom. The Bertz CT molecular complexity index is 497. The Labute approximate surface area is 232 Å². The molecule has 0 aliphatic heterocycles. The fourth-order valence-electron chi connectivity index (χ4n) is 5.03. The highest BCUT2D eigenvalue weighted by atomic mass is 16.5. The van der Waals surface area contributed by atoms with Crippen LogP contribution in [-0.4, -0.2) is 23.8 Å². The molecule has 0 saturated carbocycles. The van der Waals surface area contributed by atoms with E-state index in [1.807, 2.05) is 0 Å². The molecule has 3 nitrogen and oxygen atoms in total. The molecular formula is C34H66O3. The van der Waals surface area contributed by atoms with Crippen molar-refractivity contribution < 1.29 is 14.6 Å². The van der Waals surface area contributed by atoms with Crippen LogP contribution >= 0.6 is 0 Å². The molecule has 0 heterocycles. The van der Waals surface area contributed by atoms with Gasteiger partial charge in [-0.25, -0.2) is 0 Å². The van der Waals surface area contributed by atoms with E-state index in [1.54, 1.807) is 6.92 Å². The van der Waals surface area contributed by atoms with Crippen molar-refractivity contribution in [1.82, 2.24) is 0 Å². The molecule has 0 aromatic heterocycles. The monoisotopic (exact) mass is 523 g/mol. The standard InChI is InChI=1S/C34H66O3/c1-4-5-6-7-8-9-10-11-12-13-14-15-16-17-18-19-20-21-22-23-24-27-32(2)28-26-31-37-34(36)30-25-29-33(3)35/h28,33,35H,4-27,29-31H2,1-3H3/t33-/m0/s1. The van der Waals surface area contributed by atoms with Crippen molar-refractivity contribution in [3.63, 3.8) is 0 Å². The molecule has 0 rings (SSSR count). The summed E-state index contributed by atoms with van der Waals surface area (Å²) < 4.78 is 5.26. The van der Waals surface area contributed by atoms with Gasteiger partial charge in [0, 0.05) is 6.42 Å². The first kappa shape index (κ1) is 36.2. The van der Waals surface area contributed by atoms with Gasteiger partial charge in [-0.3, -0.25) is 4.79 Å². The molecule has 0 saturated heterocycles. The van der Waals surface area contributed by atoms with E-state index in [9.17, 15) is 9.90 Å². The lowest BCUT2D eigenvalue weighted by atomic mass is 10.0. The van der Waals surface area contributed by atoms with Gasteiger partial charge >= 0.3 is 5.97 Å². The van der Waals surface area contributed by atoms with E-state index in [1.165, 1.54) is 147 Å². The smallest absolute Gasteiger partial charge is 0.305 e. The fourth-order valence-corrected chi connectivity index (χ4v) is 5.03. The molecule has 3 heteroatoms. The van der Waals surface area contributed by atoms with Crippen molar-refractivity contribution in [3.05, 3.63) is 11.6 Å². The first-order chi connectivity index (χ1) is 18.1. The molecule has 0 aromatic rings. The summed E-state index contributed by atoms with van der Waals surface area (Å²) in [6, 6.07) is 0. The lowest BCUT2D eigenvalue weighted by molar-refractivity contribution is -0.143. The van der Waals surface area contributed by atoms with Crippen molar-refractivity contribution in [2.45, 2.75) is 194 Å². The normalized spacial score (nSPS) is 12.7. The Morgan fingerprint density at radius 1 is 0.649 bits per heavy atom. The largest absolute Gasteiger partial charge is 0.465 e. The van der Waals surface area contributed by atoms with Crippen LogP contribution in [0.3, 0.4) is 0 Å². The number of aliphatic hydroxyl groups excluding tert-OH is 1. The summed E-state index contributed by atoms with van der Waals surface area (Å²) in [6.45, 7) is 6.72. The highest BCUT2D eigenvalue weighted by Gasteiger charge is 2.04. The summed E-state index contributed by atoms with van der Waals surface area (Å²) in [4.78, 5) is 11.6. The van der Waals surface area contributed by atoms with E-state index in [0.29, 0.717) is 25.9 Å². The summed E-state index contributed by atoms with van der Waals surface area (Å²) in [5, 5.41) is 9.21. The van der Waals surface area contributed by atoms with Crippen molar-refractivity contribution in [2.24, 2.45) is 0 Å². The average molecular weight is 523 g/mol. The minimum absolute atomic E-state index is 0.143. The zero-order chi connectivity index (χ0) is 27.2. The van der Waals surface area contributed by atoms with Crippen LogP contribution in [0.25, 0.3) is 0 Å². The number of allylic oxidation sites excluding steroid dienone is 1. The van der Waals surface area contributed by atoms with Crippen molar-refractivity contribution >= 4 is 5.97 Å². The lowest BCUT2D eigenvalue weighted by Crippen LogP contribution is -2.07. The van der Waals surface area contributed by atoms with E-state index >= 15 is 0 Å². The minimum atomic E-state index is -0.336. The first-order valence-corrected chi connectivity index (χ1v) is 16.6. The highest BCUT2D eigenvalue weighted by molar-refractivity contribution is 5.69. The van der Waals surface area contributed by atoms with Crippen LogP contribution in [0.1, 0.15) is 188 Å². The van der Waals surface area contributed by atoms with E-state index < -0.39 is 0 Å². The summed E-state index contributed by atoms with van der Waals surface area (Å²) in [7, 11) is 0. The van der Waals surface area contributed by atoms with Crippen LogP contribution in [0.5, 0.6) is 0 Å². The molecule has 0 aliphatic rings. The van der Waals surface area contributed by atoms with Crippen molar-refractivity contribution in [2.75, 3.05) is 6.61 Å². The second-order valence-corrected chi connectivity index (χ2v) is 11.6. The van der Waals surface area contributed by atoms with Crippen LogP contribution in [0, 0.1) is 0 Å². The zero-order valence-corrected chi connectivity index (χ0v) is 25.5. The second-order valence-electron chi connectivity index (χ2n) is 11.6. The van der Waals surface area contributed by atoms with Crippen LogP contribution in [0.2, 0.25) is 0 Å². The average Bonchev–Trinajstić information content (AvgIpc) is 2.87. The number of hydrogen-bond donors (Lipinski definition) is 1. The van der Waals surface area contributed by atoms with Gasteiger partial charge in [-0.2, -0.15) is 0 Å². The third kappa shape index (κ3) is 31.3. The number of rotatable bonds is 29. The fraction of sp³-hybridized carbons (Fsp3) is 0.912. The van der Waals surface area contributed by atoms with Gasteiger partial charge in [0.25, 0.3) is 0 Å². The van der Waals surface area contributed by atoms with Gasteiger partial charge in [0.2, 0.25) is 0 Å². The SMILES string of the molecule is CCCCCCCCCCCCCCCCCCCCCCCC(C)=CCCOC(=O)CCC[C@H](C)O. The third-order valence-electron chi connectivity index (χ3n) is 7.55. The summed E-state index contributed by atoms with van der Waals surface area (Å²) in [6.07, 6.45) is 35.6. The maximum atomic E-state index is 11.6. The molecule has 0 aliphatic carbocycles.